The number of alkyl halides is 3. The number of hydrogen-bond donors (Lipinski definition) is 1. The van der Waals surface area contributed by atoms with E-state index in [1.54, 1.807) is 28.6 Å². The first-order chi connectivity index (χ1) is 15.2. The summed E-state index contributed by atoms with van der Waals surface area (Å²) in [6, 6.07) is 11.2. The SMILES string of the molecule is Cn1c(C(=O)NC(CN2CCCC2=O)c2cccc(C(F)(F)F)c2)c(Cl)c2ccccc21. The molecule has 32 heavy (non-hydrogen) atoms. The first kappa shape index (κ1) is 22.2. The summed E-state index contributed by atoms with van der Waals surface area (Å²) < 4.78 is 41.5. The van der Waals surface area contributed by atoms with Gasteiger partial charge in [-0.2, -0.15) is 13.2 Å². The summed E-state index contributed by atoms with van der Waals surface area (Å²) >= 11 is 6.47. The highest BCUT2D eigenvalue weighted by Gasteiger charge is 2.32. The van der Waals surface area contributed by atoms with E-state index in [0.717, 1.165) is 17.6 Å². The van der Waals surface area contributed by atoms with Gasteiger partial charge in [0.15, 0.2) is 0 Å². The van der Waals surface area contributed by atoms with E-state index in [0.29, 0.717) is 24.8 Å². The standard InChI is InChI=1S/C23H21ClF3N3O2/c1-29-18-9-3-2-8-16(18)20(24)21(29)22(32)28-17(13-30-11-5-10-19(30)31)14-6-4-7-15(12-14)23(25,26)27/h2-4,6-9,12,17H,5,10-11,13H2,1H3,(H,28,32). The minimum Gasteiger partial charge on any atom is -0.342 e. The van der Waals surface area contributed by atoms with Crippen LogP contribution in [-0.2, 0) is 18.0 Å². The molecule has 1 aliphatic heterocycles. The van der Waals surface area contributed by atoms with Crippen molar-refractivity contribution in [3.8, 4) is 0 Å². The zero-order valence-electron chi connectivity index (χ0n) is 17.2. The van der Waals surface area contributed by atoms with E-state index >= 15 is 0 Å². The average molecular weight is 464 g/mol. The van der Waals surface area contributed by atoms with Crippen LogP contribution < -0.4 is 5.32 Å². The van der Waals surface area contributed by atoms with Crippen molar-refractivity contribution in [3.63, 3.8) is 0 Å². The molecule has 2 heterocycles. The van der Waals surface area contributed by atoms with E-state index < -0.39 is 23.7 Å². The molecule has 4 rings (SSSR count). The fraction of sp³-hybridized carbons (Fsp3) is 0.304. The van der Waals surface area contributed by atoms with Crippen LogP contribution in [0.15, 0.2) is 48.5 Å². The quantitative estimate of drug-likeness (QED) is 0.582. The molecule has 1 unspecified atom stereocenters. The van der Waals surface area contributed by atoms with E-state index in [4.69, 9.17) is 11.6 Å². The Labute approximate surface area is 187 Å². The van der Waals surface area contributed by atoms with Crippen LogP contribution in [-0.4, -0.2) is 34.4 Å². The van der Waals surface area contributed by atoms with Crippen molar-refractivity contribution in [1.82, 2.24) is 14.8 Å². The summed E-state index contributed by atoms with van der Waals surface area (Å²) in [4.78, 5) is 27.0. The number of likely N-dealkylation sites (tertiary alicyclic amines) is 1. The second-order valence-electron chi connectivity index (χ2n) is 7.83. The molecule has 5 nitrogen and oxygen atoms in total. The third kappa shape index (κ3) is 4.19. The molecule has 168 valence electrons. The van der Waals surface area contributed by atoms with Gasteiger partial charge in [-0.15, -0.1) is 0 Å². The van der Waals surface area contributed by atoms with Crippen molar-refractivity contribution in [2.24, 2.45) is 7.05 Å². The van der Waals surface area contributed by atoms with Gasteiger partial charge in [0.05, 0.1) is 16.6 Å². The molecule has 0 saturated carbocycles. The van der Waals surface area contributed by atoms with Crippen LogP contribution in [0.2, 0.25) is 5.02 Å². The van der Waals surface area contributed by atoms with E-state index in [9.17, 15) is 22.8 Å². The Kier molecular flexibility index (Phi) is 5.90. The molecule has 3 aromatic rings. The van der Waals surface area contributed by atoms with Gasteiger partial charge in [0, 0.05) is 37.5 Å². The van der Waals surface area contributed by atoms with Crippen LogP contribution in [0.1, 0.15) is 40.5 Å². The summed E-state index contributed by atoms with van der Waals surface area (Å²) in [5.41, 5.74) is 0.415. The topological polar surface area (TPSA) is 54.3 Å². The molecule has 0 aliphatic carbocycles. The molecule has 2 aromatic carbocycles. The number of nitrogens with zero attached hydrogens (tertiary/aromatic N) is 2. The van der Waals surface area contributed by atoms with Crippen molar-refractivity contribution in [2.75, 3.05) is 13.1 Å². The number of amides is 2. The molecule has 0 bridgehead atoms. The zero-order valence-corrected chi connectivity index (χ0v) is 18.0. The number of hydrogen-bond acceptors (Lipinski definition) is 2. The Balaban J connectivity index is 1.70. The predicted molar refractivity (Wildman–Crippen MR) is 115 cm³/mol. The number of carbonyl (C=O) groups is 2. The average Bonchev–Trinajstić information content (AvgIpc) is 3.27. The molecule has 1 N–H and O–H groups in total. The lowest BCUT2D eigenvalue weighted by Gasteiger charge is -2.26. The molecular formula is C23H21ClF3N3O2. The van der Waals surface area contributed by atoms with E-state index in [1.165, 1.54) is 12.1 Å². The van der Waals surface area contributed by atoms with Crippen LogP contribution in [0.25, 0.3) is 10.9 Å². The van der Waals surface area contributed by atoms with Crippen molar-refractivity contribution in [2.45, 2.75) is 25.1 Å². The Morgan fingerprint density at radius 2 is 1.94 bits per heavy atom. The highest BCUT2D eigenvalue weighted by Crippen LogP contribution is 2.33. The Bertz CT molecular complexity index is 1150. The van der Waals surface area contributed by atoms with Crippen LogP contribution in [0, 0.1) is 0 Å². The maximum absolute atomic E-state index is 13.3. The minimum atomic E-state index is -4.52. The summed E-state index contributed by atoms with van der Waals surface area (Å²) in [6.45, 7) is 0.576. The maximum Gasteiger partial charge on any atom is 0.416 e. The van der Waals surface area contributed by atoms with Crippen LogP contribution >= 0.6 is 11.6 Å². The number of nitrogens with one attached hydrogen (secondary N) is 1. The Hall–Kier alpha value is -3.00. The number of carbonyl (C=O) groups excluding carboxylic acids is 2. The first-order valence-corrected chi connectivity index (χ1v) is 10.5. The molecule has 0 radical (unpaired) electrons. The van der Waals surface area contributed by atoms with Gasteiger partial charge in [-0.1, -0.05) is 41.9 Å². The van der Waals surface area contributed by atoms with E-state index in [1.807, 2.05) is 12.1 Å². The number of benzene rings is 2. The highest BCUT2D eigenvalue weighted by molar-refractivity contribution is 6.38. The molecule has 1 aliphatic rings. The first-order valence-electron chi connectivity index (χ1n) is 10.2. The number of halogens is 4. The van der Waals surface area contributed by atoms with Crippen LogP contribution in [0.3, 0.4) is 0 Å². The van der Waals surface area contributed by atoms with Crippen LogP contribution in [0.5, 0.6) is 0 Å². The molecule has 1 saturated heterocycles. The van der Waals surface area contributed by atoms with Gasteiger partial charge < -0.3 is 14.8 Å². The predicted octanol–water partition coefficient (Wildman–Crippen LogP) is 4.94. The second kappa shape index (κ2) is 8.50. The van der Waals surface area contributed by atoms with Gasteiger partial charge in [-0.3, -0.25) is 9.59 Å². The number of para-hydroxylation sites is 1. The molecular weight excluding hydrogens is 443 g/mol. The van der Waals surface area contributed by atoms with E-state index in [2.05, 4.69) is 5.32 Å². The van der Waals surface area contributed by atoms with Gasteiger partial charge >= 0.3 is 6.18 Å². The fourth-order valence-electron chi connectivity index (χ4n) is 4.11. The fourth-order valence-corrected chi connectivity index (χ4v) is 4.48. The van der Waals surface area contributed by atoms with Gasteiger partial charge in [0.25, 0.3) is 5.91 Å². The number of fused-ring (bicyclic) bond motifs is 1. The lowest BCUT2D eigenvalue weighted by atomic mass is 10.0. The highest BCUT2D eigenvalue weighted by atomic mass is 35.5. The summed E-state index contributed by atoms with van der Waals surface area (Å²) in [7, 11) is 1.70. The third-order valence-electron chi connectivity index (χ3n) is 5.76. The summed E-state index contributed by atoms with van der Waals surface area (Å²) in [5.74, 6) is -0.610. The number of rotatable bonds is 5. The molecule has 2 amide bonds. The lowest BCUT2D eigenvalue weighted by Crippen LogP contribution is -2.39. The zero-order chi connectivity index (χ0) is 23.0. The van der Waals surface area contributed by atoms with E-state index in [-0.39, 0.29) is 28.7 Å². The lowest BCUT2D eigenvalue weighted by molar-refractivity contribution is -0.137. The van der Waals surface area contributed by atoms with Crippen LogP contribution in [0.4, 0.5) is 13.2 Å². The molecule has 1 fully saturated rings. The molecule has 1 aromatic heterocycles. The van der Waals surface area contributed by atoms with Gasteiger partial charge in [-0.25, -0.2) is 0 Å². The Morgan fingerprint density at radius 3 is 2.59 bits per heavy atom. The van der Waals surface area contributed by atoms with Gasteiger partial charge in [0.2, 0.25) is 5.91 Å². The monoisotopic (exact) mass is 463 g/mol. The van der Waals surface area contributed by atoms with Crippen molar-refractivity contribution < 1.29 is 22.8 Å². The van der Waals surface area contributed by atoms with Crippen molar-refractivity contribution in [3.05, 3.63) is 70.4 Å². The maximum atomic E-state index is 13.3. The largest absolute Gasteiger partial charge is 0.416 e. The Morgan fingerprint density at radius 1 is 1.19 bits per heavy atom. The van der Waals surface area contributed by atoms with Crippen molar-refractivity contribution in [1.29, 1.82) is 0 Å². The van der Waals surface area contributed by atoms with Crippen molar-refractivity contribution >= 4 is 34.3 Å². The molecule has 1 atom stereocenters. The molecule has 0 spiro atoms. The van der Waals surface area contributed by atoms with Gasteiger partial charge in [-0.05, 0) is 30.2 Å². The second-order valence-corrected chi connectivity index (χ2v) is 8.21. The smallest absolute Gasteiger partial charge is 0.342 e. The minimum absolute atomic E-state index is 0.0768. The third-order valence-corrected chi connectivity index (χ3v) is 6.14. The van der Waals surface area contributed by atoms with Gasteiger partial charge in [0.1, 0.15) is 5.69 Å². The number of aryl methyl sites for hydroxylation is 1. The summed E-state index contributed by atoms with van der Waals surface area (Å²) in [5, 5.41) is 3.78. The number of aromatic nitrogens is 1. The normalized spacial score (nSPS) is 15.4. The summed E-state index contributed by atoms with van der Waals surface area (Å²) in [6.07, 6.45) is -3.46. The molecule has 9 heteroatoms.